The molecule has 0 unspecified atom stereocenters. The maximum atomic E-state index is 12.9. The van der Waals surface area contributed by atoms with Crippen LogP contribution in [0.15, 0.2) is 78.9 Å². The van der Waals surface area contributed by atoms with E-state index in [1.807, 2.05) is 85.8 Å². The molecule has 0 saturated heterocycles. The van der Waals surface area contributed by atoms with Crippen LogP contribution < -0.4 is 5.32 Å². The standard InChI is InChI=1S/C23H17N5OS/c1-15-25-26-23-28(15)27-22(30-23)19-9-5-6-10-20(19)24-21(29)18-13-11-17(12-14-18)16-7-3-2-4-8-16/h2-14H,1H3,(H,24,29). The quantitative estimate of drug-likeness (QED) is 0.448. The number of rotatable bonds is 4. The fraction of sp³-hybridized carbons (Fsp3) is 0.0435. The highest BCUT2D eigenvalue weighted by atomic mass is 32.1. The van der Waals surface area contributed by atoms with E-state index in [1.54, 1.807) is 4.52 Å². The van der Waals surface area contributed by atoms with Crippen molar-refractivity contribution in [1.29, 1.82) is 0 Å². The number of carbonyl (C=O) groups excluding carboxylic acids is 1. The Balaban J connectivity index is 1.41. The first-order chi connectivity index (χ1) is 14.7. The van der Waals surface area contributed by atoms with Gasteiger partial charge in [0, 0.05) is 11.1 Å². The molecule has 5 rings (SSSR count). The summed E-state index contributed by atoms with van der Waals surface area (Å²) in [5, 5.41) is 16.5. The molecule has 0 aliphatic carbocycles. The Morgan fingerprint density at radius 3 is 2.33 bits per heavy atom. The first-order valence-electron chi connectivity index (χ1n) is 9.44. The summed E-state index contributed by atoms with van der Waals surface area (Å²) in [7, 11) is 0. The highest BCUT2D eigenvalue weighted by Gasteiger charge is 2.15. The van der Waals surface area contributed by atoms with Crippen molar-refractivity contribution in [3.8, 4) is 21.7 Å². The number of hydrogen-bond donors (Lipinski definition) is 1. The van der Waals surface area contributed by atoms with Crippen LogP contribution in [-0.2, 0) is 0 Å². The summed E-state index contributed by atoms with van der Waals surface area (Å²) in [6.07, 6.45) is 0. The molecular formula is C23H17N5OS. The van der Waals surface area contributed by atoms with Gasteiger partial charge in [0.1, 0.15) is 5.01 Å². The molecule has 3 aromatic carbocycles. The zero-order valence-corrected chi connectivity index (χ0v) is 16.9. The van der Waals surface area contributed by atoms with E-state index in [0.717, 1.165) is 32.5 Å². The van der Waals surface area contributed by atoms with E-state index in [4.69, 9.17) is 0 Å². The molecule has 146 valence electrons. The highest BCUT2D eigenvalue weighted by molar-refractivity contribution is 7.19. The van der Waals surface area contributed by atoms with Gasteiger partial charge in [-0.25, -0.2) is 0 Å². The second-order valence-corrected chi connectivity index (χ2v) is 7.75. The minimum absolute atomic E-state index is 0.166. The largest absolute Gasteiger partial charge is 0.321 e. The first kappa shape index (κ1) is 18.2. The number of benzene rings is 3. The number of nitrogens with one attached hydrogen (secondary N) is 1. The molecule has 0 aliphatic rings. The van der Waals surface area contributed by atoms with Gasteiger partial charge in [-0.05, 0) is 42.3 Å². The van der Waals surface area contributed by atoms with Crippen LogP contribution in [0.4, 0.5) is 5.69 Å². The number of amides is 1. The maximum absolute atomic E-state index is 12.9. The van der Waals surface area contributed by atoms with Gasteiger partial charge in [0.2, 0.25) is 4.96 Å². The van der Waals surface area contributed by atoms with E-state index in [-0.39, 0.29) is 5.91 Å². The molecule has 0 fully saturated rings. The van der Waals surface area contributed by atoms with E-state index in [1.165, 1.54) is 11.3 Å². The molecule has 30 heavy (non-hydrogen) atoms. The van der Waals surface area contributed by atoms with Crippen LogP contribution in [0, 0.1) is 6.92 Å². The zero-order valence-electron chi connectivity index (χ0n) is 16.1. The van der Waals surface area contributed by atoms with Crippen molar-refractivity contribution in [2.75, 3.05) is 5.32 Å². The molecule has 7 heteroatoms. The number of carbonyl (C=O) groups is 1. The zero-order chi connectivity index (χ0) is 20.5. The van der Waals surface area contributed by atoms with Gasteiger partial charge in [0.05, 0.1) is 5.69 Å². The monoisotopic (exact) mass is 411 g/mol. The number of para-hydroxylation sites is 1. The number of hydrogen-bond acceptors (Lipinski definition) is 5. The van der Waals surface area contributed by atoms with Crippen LogP contribution in [0.3, 0.4) is 0 Å². The van der Waals surface area contributed by atoms with Crippen LogP contribution in [0.5, 0.6) is 0 Å². The maximum Gasteiger partial charge on any atom is 0.255 e. The third kappa shape index (κ3) is 3.35. The average Bonchev–Trinajstić information content (AvgIpc) is 3.37. The molecule has 1 amide bonds. The first-order valence-corrected chi connectivity index (χ1v) is 10.3. The molecule has 0 atom stereocenters. The molecule has 1 N–H and O–H groups in total. The second kappa shape index (κ2) is 7.53. The van der Waals surface area contributed by atoms with Crippen LogP contribution in [0.1, 0.15) is 16.2 Å². The van der Waals surface area contributed by atoms with E-state index < -0.39 is 0 Å². The summed E-state index contributed by atoms with van der Waals surface area (Å²) in [5.41, 5.74) is 4.34. The molecule has 0 saturated carbocycles. The molecule has 0 bridgehead atoms. The van der Waals surface area contributed by atoms with E-state index >= 15 is 0 Å². The van der Waals surface area contributed by atoms with E-state index in [0.29, 0.717) is 11.3 Å². The number of aryl methyl sites for hydroxylation is 1. The van der Waals surface area contributed by atoms with Gasteiger partial charge in [-0.3, -0.25) is 4.79 Å². The summed E-state index contributed by atoms with van der Waals surface area (Å²) >= 11 is 1.43. The Labute approximate surface area is 176 Å². The molecule has 0 aliphatic heterocycles. The Hall–Kier alpha value is -3.84. The van der Waals surface area contributed by atoms with Crippen LogP contribution in [0.2, 0.25) is 0 Å². The molecule has 6 nitrogen and oxygen atoms in total. The smallest absolute Gasteiger partial charge is 0.255 e. The lowest BCUT2D eigenvalue weighted by atomic mass is 10.0. The van der Waals surface area contributed by atoms with Crippen LogP contribution in [-0.4, -0.2) is 25.7 Å². The Morgan fingerprint density at radius 1 is 0.867 bits per heavy atom. The number of fused-ring (bicyclic) bond motifs is 1. The average molecular weight is 411 g/mol. The third-order valence-corrected chi connectivity index (χ3v) is 5.74. The van der Waals surface area contributed by atoms with Gasteiger partial charge in [-0.2, -0.15) is 9.61 Å². The SMILES string of the molecule is Cc1nnc2sc(-c3ccccc3NC(=O)c3ccc(-c4ccccc4)cc3)nn12. The lowest BCUT2D eigenvalue weighted by molar-refractivity contribution is 0.102. The van der Waals surface area contributed by atoms with Crippen LogP contribution in [0.25, 0.3) is 26.7 Å². The fourth-order valence-electron chi connectivity index (χ4n) is 3.24. The van der Waals surface area contributed by atoms with Crippen molar-refractivity contribution in [2.24, 2.45) is 0 Å². The van der Waals surface area contributed by atoms with Gasteiger partial charge in [0.25, 0.3) is 5.91 Å². The minimum Gasteiger partial charge on any atom is -0.321 e. The van der Waals surface area contributed by atoms with Crippen LogP contribution >= 0.6 is 11.3 Å². The molecule has 5 aromatic rings. The molecule has 0 spiro atoms. The van der Waals surface area contributed by atoms with E-state index in [9.17, 15) is 4.79 Å². The van der Waals surface area contributed by atoms with Crippen molar-refractivity contribution in [3.05, 3.63) is 90.3 Å². The van der Waals surface area contributed by atoms with E-state index in [2.05, 4.69) is 20.6 Å². The molecule has 2 aromatic heterocycles. The Bertz CT molecular complexity index is 1340. The highest BCUT2D eigenvalue weighted by Crippen LogP contribution is 2.31. The van der Waals surface area contributed by atoms with Crippen molar-refractivity contribution in [1.82, 2.24) is 19.8 Å². The molecule has 0 radical (unpaired) electrons. The molecule has 2 heterocycles. The van der Waals surface area contributed by atoms with Gasteiger partial charge >= 0.3 is 0 Å². The predicted octanol–water partition coefficient (Wildman–Crippen LogP) is 5.08. The van der Waals surface area contributed by atoms with Gasteiger partial charge < -0.3 is 5.32 Å². The van der Waals surface area contributed by atoms with Gasteiger partial charge in [0.15, 0.2) is 5.82 Å². The fourth-order valence-corrected chi connectivity index (χ4v) is 4.17. The Kier molecular flexibility index (Phi) is 4.57. The van der Waals surface area contributed by atoms with Gasteiger partial charge in [-0.15, -0.1) is 10.2 Å². The van der Waals surface area contributed by atoms with Crippen molar-refractivity contribution in [3.63, 3.8) is 0 Å². The van der Waals surface area contributed by atoms with Crippen molar-refractivity contribution in [2.45, 2.75) is 6.92 Å². The lowest BCUT2D eigenvalue weighted by Crippen LogP contribution is -2.12. The molecular weight excluding hydrogens is 394 g/mol. The van der Waals surface area contributed by atoms with Crippen molar-refractivity contribution < 1.29 is 4.79 Å². The topological polar surface area (TPSA) is 72.2 Å². The second-order valence-electron chi connectivity index (χ2n) is 6.79. The number of nitrogens with zero attached hydrogens (tertiary/aromatic N) is 4. The third-order valence-electron chi connectivity index (χ3n) is 4.81. The Morgan fingerprint density at radius 2 is 1.57 bits per heavy atom. The summed E-state index contributed by atoms with van der Waals surface area (Å²) < 4.78 is 1.71. The summed E-state index contributed by atoms with van der Waals surface area (Å²) in [6, 6.07) is 25.3. The summed E-state index contributed by atoms with van der Waals surface area (Å²) in [4.78, 5) is 13.6. The summed E-state index contributed by atoms with van der Waals surface area (Å²) in [5.74, 6) is 0.564. The van der Waals surface area contributed by atoms with Gasteiger partial charge in [-0.1, -0.05) is 65.9 Å². The van der Waals surface area contributed by atoms with Crippen molar-refractivity contribution >= 4 is 27.9 Å². The predicted molar refractivity (Wildman–Crippen MR) is 119 cm³/mol. The number of aromatic nitrogens is 4. The minimum atomic E-state index is -0.166. The normalized spacial score (nSPS) is 11.0. The lowest BCUT2D eigenvalue weighted by Gasteiger charge is -2.10. The number of anilines is 1. The summed E-state index contributed by atoms with van der Waals surface area (Å²) in [6.45, 7) is 1.86.